The molecule has 94 valence electrons. The molecule has 2 unspecified atom stereocenters. The first kappa shape index (κ1) is 13.2. The van der Waals surface area contributed by atoms with Gasteiger partial charge in [-0.2, -0.15) is 0 Å². The largest absolute Gasteiger partial charge is 0.325 e. The lowest BCUT2D eigenvalue weighted by molar-refractivity contribution is 0.407. The third-order valence-electron chi connectivity index (χ3n) is 3.90. The van der Waals surface area contributed by atoms with E-state index in [2.05, 4.69) is 6.92 Å². The van der Waals surface area contributed by atoms with Gasteiger partial charge in [0.05, 0.1) is 10.0 Å². The first-order valence-electron chi connectivity index (χ1n) is 6.26. The predicted molar refractivity (Wildman–Crippen MR) is 74.7 cm³/mol. The number of rotatable bonds is 3. The summed E-state index contributed by atoms with van der Waals surface area (Å²) in [5.74, 6) is 0.776. The molecule has 1 fully saturated rings. The molecule has 17 heavy (non-hydrogen) atoms. The molecule has 0 aliphatic heterocycles. The van der Waals surface area contributed by atoms with E-state index in [-0.39, 0.29) is 5.54 Å². The van der Waals surface area contributed by atoms with Crippen molar-refractivity contribution in [2.45, 2.75) is 44.6 Å². The van der Waals surface area contributed by atoms with Crippen LogP contribution in [-0.2, 0) is 6.42 Å². The van der Waals surface area contributed by atoms with E-state index in [1.54, 1.807) is 0 Å². The molecule has 0 radical (unpaired) electrons. The molecule has 2 rings (SSSR count). The fourth-order valence-corrected chi connectivity index (χ4v) is 3.23. The van der Waals surface area contributed by atoms with Crippen LogP contribution in [0.4, 0.5) is 0 Å². The number of halogens is 2. The molecule has 0 aromatic heterocycles. The van der Waals surface area contributed by atoms with E-state index in [1.165, 1.54) is 12.8 Å². The van der Waals surface area contributed by atoms with Crippen LogP contribution in [0.2, 0.25) is 10.0 Å². The van der Waals surface area contributed by atoms with Gasteiger partial charge < -0.3 is 5.73 Å². The second-order valence-corrected chi connectivity index (χ2v) is 6.05. The van der Waals surface area contributed by atoms with Crippen LogP contribution in [0.25, 0.3) is 0 Å². The van der Waals surface area contributed by atoms with E-state index in [0.717, 1.165) is 30.7 Å². The summed E-state index contributed by atoms with van der Waals surface area (Å²) < 4.78 is 0. The van der Waals surface area contributed by atoms with E-state index in [1.807, 2.05) is 18.2 Å². The Labute approximate surface area is 113 Å². The van der Waals surface area contributed by atoms with Crippen LogP contribution in [0.1, 0.15) is 38.2 Å². The van der Waals surface area contributed by atoms with Crippen molar-refractivity contribution in [3.63, 3.8) is 0 Å². The minimum Gasteiger partial charge on any atom is -0.325 e. The maximum Gasteiger partial charge on any atom is 0.0624 e. The fraction of sp³-hybridized carbons (Fsp3) is 0.571. The molecule has 2 N–H and O–H groups in total. The van der Waals surface area contributed by atoms with Gasteiger partial charge in [-0.25, -0.2) is 0 Å². The molecule has 2 atom stereocenters. The average Bonchev–Trinajstić information content (AvgIpc) is 2.67. The van der Waals surface area contributed by atoms with Gasteiger partial charge >= 0.3 is 0 Å². The Bertz CT molecular complexity index is 405. The van der Waals surface area contributed by atoms with Crippen LogP contribution in [0.3, 0.4) is 0 Å². The van der Waals surface area contributed by atoms with Crippen molar-refractivity contribution in [2.75, 3.05) is 0 Å². The van der Waals surface area contributed by atoms with Gasteiger partial charge in [0.25, 0.3) is 0 Å². The SMILES string of the molecule is CCC1CCC(N)(Cc2cccc(Cl)c2Cl)C1. The molecule has 1 aliphatic carbocycles. The van der Waals surface area contributed by atoms with Crippen LogP contribution in [-0.4, -0.2) is 5.54 Å². The van der Waals surface area contributed by atoms with Crippen molar-refractivity contribution in [1.29, 1.82) is 0 Å². The Morgan fingerprint density at radius 1 is 1.41 bits per heavy atom. The number of hydrogen-bond acceptors (Lipinski definition) is 1. The summed E-state index contributed by atoms with van der Waals surface area (Å²) in [6.45, 7) is 2.24. The zero-order valence-electron chi connectivity index (χ0n) is 10.2. The zero-order chi connectivity index (χ0) is 12.5. The molecule has 1 nitrogen and oxygen atoms in total. The van der Waals surface area contributed by atoms with Gasteiger partial charge in [0.2, 0.25) is 0 Å². The molecule has 1 aromatic carbocycles. The summed E-state index contributed by atoms with van der Waals surface area (Å²) in [6, 6.07) is 5.79. The van der Waals surface area contributed by atoms with Gasteiger partial charge in [0, 0.05) is 5.54 Å². The summed E-state index contributed by atoms with van der Waals surface area (Å²) in [7, 11) is 0. The normalized spacial score (nSPS) is 28.6. The average molecular weight is 272 g/mol. The van der Waals surface area contributed by atoms with Gasteiger partial charge in [-0.3, -0.25) is 0 Å². The van der Waals surface area contributed by atoms with Crippen LogP contribution < -0.4 is 5.73 Å². The third-order valence-corrected chi connectivity index (χ3v) is 4.76. The lowest BCUT2D eigenvalue weighted by Crippen LogP contribution is -2.39. The molecule has 0 amide bonds. The van der Waals surface area contributed by atoms with Gasteiger partial charge in [-0.1, -0.05) is 48.7 Å². The number of hydrogen-bond donors (Lipinski definition) is 1. The maximum atomic E-state index is 6.47. The predicted octanol–water partition coefficient (Wildman–Crippen LogP) is 4.44. The summed E-state index contributed by atoms with van der Waals surface area (Å²) in [6.07, 6.45) is 5.50. The quantitative estimate of drug-likeness (QED) is 0.864. The van der Waals surface area contributed by atoms with E-state index in [0.29, 0.717) is 10.0 Å². The molecule has 1 saturated carbocycles. The van der Waals surface area contributed by atoms with Crippen molar-refractivity contribution in [1.82, 2.24) is 0 Å². The lowest BCUT2D eigenvalue weighted by atomic mass is 9.89. The highest BCUT2D eigenvalue weighted by molar-refractivity contribution is 6.42. The van der Waals surface area contributed by atoms with Crippen LogP contribution in [0, 0.1) is 5.92 Å². The topological polar surface area (TPSA) is 26.0 Å². The Morgan fingerprint density at radius 3 is 2.82 bits per heavy atom. The van der Waals surface area contributed by atoms with E-state index in [4.69, 9.17) is 28.9 Å². The Morgan fingerprint density at radius 2 is 2.18 bits per heavy atom. The van der Waals surface area contributed by atoms with Gasteiger partial charge in [-0.15, -0.1) is 0 Å². The highest BCUT2D eigenvalue weighted by atomic mass is 35.5. The lowest BCUT2D eigenvalue weighted by Gasteiger charge is -2.25. The highest BCUT2D eigenvalue weighted by Gasteiger charge is 2.35. The molecule has 1 aromatic rings. The molecule has 0 saturated heterocycles. The van der Waals surface area contributed by atoms with E-state index in [9.17, 15) is 0 Å². The second-order valence-electron chi connectivity index (χ2n) is 5.27. The zero-order valence-corrected chi connectivity index (χ0v) is 11.7. The summed E-state index contributed by atoms with van der Waals surface area (Å²) in [4.78, 5) is 0. The minimum absolute atomic E-state index is 0.0883. The minimum atomic E-state index is -0.0883. The standard InChI is InChI=1S/C14H19Cl2N/c1-2-10-6-7-14(17,8-10)9-11-4-3-5-12(15)13(11)16/h3-5,10H,2,6-9,17H2,1H3. The molecule has 1 aliphatic rings. The van der Waals surface area contributed by atoms with Gasteiger partial charge in [0.15, 0.2) is 0 Å². The van der Waals surface area contributed by atoms with Crippen molar-refractivity contribution in [2.24, 2.45) is 11.7 Å². The van der Waals surface area contributed by atoms with Crippen molar-refractivity contribution < 1.29 is 0 Å². The van der Waals surface area contributed by atoms with E-state index < -0.39 is 0 Å². The number of nitrogens with two attached hydrogens (primary N) is 1. The molecular weight excluding hydrogens is 253 g/mol. The summed E-state index contributed by atoms with van der Waals surface area (Å²) in [5.41, 5.74) is 7.47. The third kappa shape index (κ3) is 2.96. The molecular formula is C14H19Cl2N. The summed E-state index contributed by atoms with van der Waals surface area (Å²) >= 11 is 12.2. The molecule has 3 heteroatoms. The molecule has 0 spiro atoms. The van der Waals surface area contributed by atoms with Crippen LogP contribution in [0.15, 0.2) is 18.2 Å². The Kier molecular flexibility index (Phi) is 4.02. The monoisotopic (exact) mass is 271 g/mol. The van der Waals surface area contributed by atoms with Crippen molar-refractivity contribution >= 4 is 23.2 Å². The summed E-state index contributed by atoms with van der Waals surface area (Å²) in [5, 5.41) is 1.29. The van der Waals surface area contributed by atoms with Gasteiger partial charge in [0.1, 0.15) is 0 Å². The van der Waals surface area contributed by atoms with Crippen LogP contribution in [0.5, 0.6) is 0 Å². The first-order valence-corrected chi connectivity index (χ1v) is 7.01. The van der Waals surface area contributed by atoms with Crippen LogP contribution >= 0.6 is 23.2 Å². The van der Waals surface area contributed by atoms with Crippen molar-refractivity contribution in [3.8, 4) is 0 Å². The van der Waals surface area contributed by atoms with Crippen molar-refractivity contribution in [3.05, 3.63) is 33.8 Å². The Hall–Kier alpha value is -0.240. The second kappa shape index (κ2) is 5.17. The molecule has 0 heterocycles. The highest BCUT2D eigenvalue weighted by Crippen LogP contribution is 2.38. The first-order chi connectivity index (χ1) is 8.04. The van der Waals surface area contributed by atoms with Gasteiger partial charge in [-0.05, 0) is 43.2 Å². The maximum absolute atomic E-state index is 6.47. The molecule has 0 bridgehead atoms. The number of benzene rings is 1. The van der Waals surface area contributed by atoms with E-state index >= 15 is 0 Å². The fourth-order valence-electron chi connectivity index (χ4n) is 2.84. The Balaban J connectivity index is 2.13. The smallest absolute Gasteiger partial charge is 0.0624 e.